The third-order valence-corrected chi connectivity index (χ3v) is 3.74. The summed E-state index contributed by atoms with van der Waals surface area (Å²) in [5.74, 6) is 3.89. The molecule has 86 valence electrons. The summed E-state index contributed by atoms with van der Waals surface area (Å²) in [6.45, 7) is 1.98. The van der Waals surface area contributed by atoms with Crippen LogP contribution in [0.4, 0.5) is 0 Å². The van der Waals surface area contributed by atoms with Gasteiger partial charge in [-0.3, -0.25) is 0 Å². The number of hydrogen-bond acceptors (Lipinski definition) is 3. The third kappa shape index (κ3) is 2.59. The van der Waals surface area contributed by atoms with E-state index in [0.717, 1.165) is 36.7 Å². The lowest BCUT2D eigenvalue weighted by molar-refractivity contribution is 0.376. The molecule has 3 nitrogen and oxygen atoms in total. The van der Waals surface area contributed by atoms with Crippen molar-refractivity contribution in [1.82, 2.24) is 15.3 Å². The summed E-state index contributed by atoms with van der Waals surface area (Å²) in [7, 11) is 0. The third-order valence-electron chi connectivity index (χ3n) is 3.74. The van der Waals surface area contributed by atoms with Crippen molar-refractivity contribution >= 4 is 0 Å². The average Bonchev–Trinajstić information content (AvgIpc) is 3.17. The van der Waals surface area contributed by atoms with Crippen LogP contribution in [0.2, 0.25) is 0 Å². The predicted molar refractivity (Wildman–Crippen MR) is 62.7 cm³/mol. The van der Waals surface area contributed by atoms with Crippen molar-refractivity contribution in [2.75, 3.05) is 6.54 Å². The van der Waals surface area contributed by atoms with Crippen LogP contribution in [0.3, 0.4) is 0 Å². The molecule has 0 atom stereocenters. The Morgan fingerprint density at radius 1 is 1.12 bits per heavy atom. The van der Waals surface area contributed by atoms with Gasteiger partial charge in [0.15, 0.2) is 0 Å². The maximum Gasteiger partial charge on any atom is 0.141 e. The van der Waals surface area contributed by atoms with Gasteiger partial charge in [0.2, 0.25) is 0 Å². The lowest BCUT2D eigenvalue weighted by atomic mass is 9.98. The molecule has 0 amide bonds. The lowest BCUT2D eigenvalue weighted by Gasteiger charge is -2.15. The second-order valence-corrected chi connectivity index (χ2v) is 5.13. The first-order valence-corrected chi connectivity index (χ1v) is 6.40. The number of hydrogen-bond donors (Lipinski definition) is 1. The minimum absolute atomic E-state index is 0.816. The smallest absolute Gasteiger partial charge is 0.141 e. The van der Waals surface area contributed by atoms with Crippen LogP contribution in [0.15, 0.2) is 18.5 Å². The van der Waals surface area contributed by atoms with E-state index in [1.54, 1.807) is 0 Å². The molecule has 1 aromatic rings. The van der Waals surface area contributed by atoms with Gasteiger partial charge in [0.25, 0.3) is 0 Å². The fourth-order valence-corrected chi connectivity index (χ4v) is 2.54. The summed E-state index contributed by atoms with van der Waals surface area (Å²) in [6.07, 6.45) is 9.47. The monoisotopic (exact) mass is 217 g/mol. The summed E-state index contributed by atoms with van der Waals surface area (Å²) in [6, 6.07) is 1.86. The Bertz CT molecular complexity index is 318. The number of nitrogens with one attached hydrogen (secondary N) is 1. The zero-order chi connectivity index (χ0) is 10.8. The fourth-order valence-electron chi connectivity index (χ4n) is 2.54. The second kappa shape index (κ2) is 4.50. The van der Waals surface area contributed by atoms with Crippen molar-refractivity contribution in [2.45, 2.75) is 32.2 Å². The van der Waals surface area contributed by atoms with E-state index in [1.807, 2.05) is 18.5 Å². The van der Waals surface area contributed by atoms with Crippen molar-refractivity contribution in [3.8, 4) is 0 Å². The zero-order valence-corrected chi connectivity index (χ0v) is 9.60. The molecule has 0 radical (unpaired) electrons. The molecule has 0 unspecified atom stereocenters. The summed E-state index contributed by atoms with van der Waals surface area (Å²) in [5.41, 5.74) is 0. The van der Waals surface area contributed by atoms with Gasteiger partial charge < -0.3 is 5.32 Å². The lowest BCUT2D eigenvalue weighted by Crippen LogP contribution is -2.25. The van der Waals surface area contributed by atoms with Gasteiger partial charge in [-0.15, -0.1) is 0 Å². The van der Waals surface area contributed by atoms with E-state index in [2.05, 4.69) is 15.3 Å². The highest BCUT2D eigenvalue weighted by molar-refractivity contribution is 4.93. The highest BCUT2D eigenvalue weighted by atomic mass is 15.0. The Hall–Kier alpha value is -0.960. The van der Waals surface area contributed by atoms with Gasteiger partial charge >= 0.3 is 0 Å². The van der Waals surface area contributed by atoms with E-state index in [0.29, 0.717) is 0 Å². The molecule has 3 heteroatoms. The molecule has 1 N–H and O–H groups in total. The summed E-state index contributed by atoms with van der Waals surface area (Å²) >= 11 is 0. The molecule has 0 bridgehead atoms. The molecule has 0 aromatic carbocycles. The predicted octanol–water partition coefficient (Wildman–Crippen LogP) is 2.00. The summed E-state index contributed by atoms with van der Waals surface area (Å²) < 4.78 is 0. The molecule has 0 aliphatic heterocycles. The molecule has 1 aromatic heterocycles. The van der Waals surface area contributed by atoms with E-state index in [4.69, 9.17) is 0 Å². The quantitative estimate of drug-likeness (QED) is 0.792. The standard InChI is InChI=1S/C13H19N3/c1-6-15-13(16-7-1)9-14-8-12(10-2-3-10)11-4-5-11/h1,6-7,10-12,14H,2-5,8-9H2. The first-order valence-electron chi connectivity index (χ1n) is 6.40. The molecule has 2 saturated carbocycles. The topological polar surface area (TPSA) is 37.8 Å². The van der Waals surface area contributed by atoms with Crippen molar-refractivity contribution < 1.29 is 0 Å². The molecular weight excluding hydrogens is 198 g/mol. The molecule has 1 heterocycles. The molecule has 16 heavy (non-hydrogen) atoms. The Labute approximate surface area is 96.7 Å². The van der Waals surface area contributed by atoms with Crippen molar-refractivity contribution in [1.29, 1.82) is 0 Å². The van der Waals surface area contributed by atoms with E-state index >= 15 is 0 Å². The number of nitrogens with zero attached hydrogens (tertiary/aromatic N) is 2. The van der Waals surface area contributed by atoms with Crippen molar-refractivity contribution in [2.24, 2.45) is 17.8 Å². The first-order chi connectivity index (χ1) is 7.93. The van der Waals surface area contributed by atoms with E-state index in [-0.39, 0.29) is 0 Å². The normalized spacial score (nSPS) is 20.3. The SMILES string of the molecule is c1cnc(CNCC(C2CC2)C2CC2)nc1. The second-order valence-electron chi connectivity index (χ2n) is 5.13. The van der Waals surface area contributed by atoms with Gasteiger partial charge in [-0.1, -0.05) is 0 Å². The molecular formula is C13H19N3. The minimum atomic E-state index is 0.816. The molecule has 2 aliphatic rings. The first kappa shape index (κ1) is 10.2. The van der Waals surface area contributed by atoms with Crippen LogP contribution in [0.1, 0.15) is 31.5 Å². The largest absolute Gasteiger partial charge is 0.310 e. The van der Waals surface area contributed by atoms with Gasteiger partial charge in [-0.2, -0.15) is 0 Å². The highest BCUT2D eigenvalue weighted by Crippen LogP contribution is 2.48. The van der Waals surface area contributed by atoms with Gasteiger partial charge in [-0.25, -0.2) is 9.97 Å². The minimum Gasteiger partial charge on any atom is -0.310 e. The van der Waals surface area contributed by atoms with Crippen LogP contribution < -0.4 is 5.32 Å². The van der Waals surface area contributed by atoms with E-state index in [9.17, 15) is 0 Å². The van der Waals surface area contributed by atoms with Crippen LogP contribution in [0, 0.1) is 17.8 Å². The van der Waals surface area contributed by atoms with Gasteiger partial charge in [0, 0.05) is 12.4 Å². The fraction of sp³-hybridized carbons (Fsp3) is 0.692. The number of rotatable bonds is 6. The van der Waals surface area contributed by atoms with Crippen LogP contribution in [-0.4, -0.2) is 16.5 Å². The Kier molecular flexibility index (Phi) is 2.87. The Morgan fingerprint density at radius 2 is 1.75 bits per heavy atom. The van der Waals surface area contributed by atoms with Crippen molar-refractivity contribution in [3.05, 3.63) is 24.3 Å². The average molecular weight is 217 g/mol. The summed E-state index contributed by atoms with van der Waals surface area (Å²) in [5, 5.41) is 3.52. The van der Waals surface area contributed by atoms with Crippen molar-refractivity contribution in [3.63, 3.8) is 0 Å². The maximum absolute atomic E-state index is 4.22. The maximum atomic E-state index is 4.22. The molecule has 3 rings (SSSR count). The molecule has 2 aliphatic carbocycles. The van der Waals surface area contributed by atoms with Crippen LogP contribution in [0.5, 0.6) is 0 Å². The van der Waals surface area contributed by atoms with Gasteiger partial charge in [0.05, 0.1) is 6.54 Å². The van der Waals surface area contributed by atoms with E-state index in [1.165, 1.54) is 25.7 Å². The molecule has 0 spiro atoms. The zero-order valence-electron chi connectivity index (χ0n) is 9.60. The van der Waals surface area contributed by atoms with Crippen LogP contribution >= 0.6 is 0 Å². The Balaban J connectivity index is 1.45. The van der Waals surface area contributed by atoms with Crippen LogP contribution in [-0.2, 0) is 6.54 Å². The molecule has 2 fully saturated rings. The van der Waals surface area contributed by atoms with Crippen LogP contribution in [0.25, 0.3) is 0 Å². The van der Waals surface area contributed by atoms with Gasteiger partial charge in [0.1, 0.15) is 5.82 Å². The van der Waals surface area contributed by atoms with Gasteiger partial charge in [-0.05, 0) is 56.0 Å². The summed E-state index contributed by atoms with van der Waals surface area (Å²) in [4.78, 5) is 8.45. The molecule has 0 saturated heterocycles. The Morgan fingerprint density at radius 3 is 2.31 bits per heavy atom. The van der Waals surface area contributed by atoms with E-state index < -0.39 is 0 Å². The number of aromatic nitrogens is 2. The highest BCUT2D eigenvalue weighted by Gasteiger charge is 2.40.